The molecule has 2 fully saturated rings. The average molecular weight is 444 g/mol. The molecule has 0 spiro atoms. The van der Waals surface area contributed by atoms with E-state index in [1.54, 1.807) is 11.6 Å². The van der Waals surface area contributed by atoms with Crippen molar-refractivity contribution in [3.63, 3.8) is 0 Å². The van der Waals surface area contributed by atoms with Gasteiger partial charge in [0.2, 0.25) is 5.91 Å². The molecule has 33 heavy (non-hydrogen) atoms. The monoisotopic (exact) mass is 443 g/mol. The first-order chi connectivity index (χ1) is 15.9. The summed E-state index contributed by atoms with van der Waals surface area (Å²) in [7, 11) is 0. The molecule has 1 saturated heterocycles. The zero-order valence-electron chi connectivity index (χ0n) is 18.5. The summed E-state index contributed by atoms with van der Waals surface area (Å²) in [6.07, 6.45) is 2.16. The van der Waals surface area contributed by atoms with Crippen molar-refractivity contribution in [1.82, 2.24) is 20.0 Å². The number of amides is 4. The predicted octanol–water partition coefficient (Wildman–Crippen LogP) is 3.46. The fourth-order valence-electron chi connectivity index (χ4n) is 4.32. The second-order valence-electron chi connectivity index (χ2n) is 8.79. The Kier molecular flexibility index (Phi) is 5.00. The molecule has 3 aromatic rings. The summed E-state index contributed by atoms with van der Waals surface area (Å²) in [5.74, 6) is 0.00680. The van der Waals surface area contributed by atoms with Gasteiger partial charge >= 0.3 is 6.03 Å². The molecule has 0 bridgehead atoms. The fraction of sp³-hybridized carbons (Fsp3) is 0.280. The van der Waals surface area contributed by atoms with Crippen molar-refractivity contribution in [1.29, 1.82) is 0 Å². The summed E-state index contributed by atoms with van der Waals surface area (Å²) in [5.41, 5.74) is 2.13. The van der Waals surface area contributed by atoms with Crippen LogP contribution in [0.1, 0.15) is 42.5 Å². The second-order valence-corrected chi connectivity index (χ2v) is 8.79. The number of hydrogen-bond acceptors (Lipinski definition) is 4. The van der Waals surface area contributed by atoms with Crippen LogP contribution >= 0.6 is 0 Å². The summed E-state index contributed by atoms with van der Waals surface area (Å²) >= 11 is 0. The lowest BCUT2D eigenvalue weighted by atomic mass is 9.88. The molecule has 1 aliphatic carbocycles. The lowest BCUT2D eigenvalue weighted by Gasteiger charge is -2.24. The number of nitrogens with zero attached hydrogens (tertiary/aromatic N) is 3. The summed E-state index contributed by atoms with van der Waals surface area (Å²) in [5, 5.41) is 10.3. The minimum atomic E-state index is -1.21. The molecular weight excluding hydrogens is 418 g/mol. The lowest BCUT2D eigenvalue weighted by Crippen LogP contribution is -2.42. The molecule has 1 aromatic heterocycles. The van der Waals surface area contributed by atoms with E-state index in [2.05, 4.69) is 15.7 Å². The highest BCUT2D eigenvalue weighted by Crippen LogP contribution is 2.40. The molecule has 5 rings (SSSR count). The Bertz CT molecular complexity index is 1250. The summed E-state index contributed by atoms with van der Waals surface area (Å²) in [4.78, 5) is 39.8. The van der Waals surface area contributed by atoms with Crippen LogP contribution in [0.25, 0.3) is 5.69 Å². The van der Waals surface area contributed by atoms with Crippen LogP contribution in [0.5, 0.6) is 0 Å². The lowest BCUT2D eigenvalue weighted by molar-refractivity contribution is -0.133. The van der Waals surface area contributed by atoms with Crippen LogP contribution in [0.3, 0.4) is 0 Å². The first-order valence-electron chi connectivity index (χ1n) is 11.0. The van der Waals surface area contributed by atoms with E-state index in [9.17, 15) is 14.4 Å². The molecule has 1 atom stereocenters. The largest absolute Gasteiger partial charge is 0.325 e. The van der Waals surface area contributed by atoms with Gasteiger partial charge in [-0.15, -0.1) is 0 Å². The van der Waals surface area contributed by atoms with Crippen molar-refractivity contribution in [2.45, 2.75) is 38.1 Å². The molecule has 1 unspecified atom stereocenters. The maximum absolute atomic E-state index is 13.2. The van der Waals surface area contributed by atoms with Gasteiger partial charge in [0, 0.05) is 12.0 Å². The third-order valence-corrected chi connectivity index (χ3v) is 6.25. The van der Waals surface area contributed by atoms with Gasteiger partial charge < -0.3 is 10.6 Å². The van der Waals surface area contributed by atoms with Crippen molar-refractivity contribution < 1.29 is 14.4 Å². The summed E-state index contributed by atoms with van der Waals surface area (Å²) in [6, 6.07) is 18.2. The van der Waals surface area contributed by atoms with Gasteiger partial charge in [0.25, 0.3) is 5.91 Å². The number of aryl methyl sites for hydroxylation is 1. The topological polar surface area (TPSA) is 96.3 Å². The van der Waals surface area contributed by atoms with Crippen LogP contribution < -0.4 is 10.6 Å². The number of hydrogen-bond donors (Lipinski definition) is 2. The zero-order chi connectivity index (χ0) is 23.2. The van der Waals surface area contributed by atoms with Crippen LogP contribution in [-0.4, -0.2) is 39.1 Å². The zero-order valence-corrected chi connectivity index (χ0v) is 18.5. The van der Waals surface area contributed by atoms with Gasteiger partial charge in [0.15, 0.2) is 0 Å². The van der Waals surface area contributed by atoms with E-state index in [-0.39, 0.29) is 6.54 Å². The highest BCUT2D eigenvalue weighted by molar-refractivity contribution is 6.10. The van der Waals surface area contributed by atoms with Crippen LogP contribution in [0.4, 0.5) is 10.6 Å². The predicted molar refractivity (Wildman–Crippen MR) is 123 cm³/mol. The number of benzene rings is 2. The minimum absolute atomic E-state index is 0.384. The van der Waals surface area contributed by atoms with Crippen molar-refractivity contribution in [2.24, 2.45) is 0 Å². The molecule has 2 aromatic carbocycles. The number of aromatic nitrogens is 2. The normalized spacial score (nSPS) is 20.1. The number of anilines is 1. The molecule has 0 radical (unpaired) electrons. The highest BCUT2D eigenvalue weighted by atomic mass is 16.2. The molecule has 1 saturated carbocycles. The molecule has 168 valence electrons. The number of carbonyl (C=O) groups is 3. The van der Waals surface area contributed by atoms with E-state index in [0.717, 1.165) is 34.7 Å². The van der Waals surface area contributed by atoms with Crippen molar-refractivity contribution in [2.75, 3.05) is 11.9 Å². The third-order valence-electron chi connectivity index (χ3n) is 6.25. The number of urea groups is 1. The van der Waals surface area contributed by atoms with Gasteiger partial charge in [-0.3, -0.25) is 14.5 Å². The van der Waals surface area contributed by atoms with Crippen LogP contribution in [-0.2, 0) is 15.1 Å². The van der Waals surface area contributed by atoms with Gasteiger partial charge in [-0.05, 0) is 49.9 Å². The molecule has 2 aliphatic rings. The summed E-state index contributed by atoms with van der Waals surface area (Å²) in [6.45, 7) is 3.17. The van der Waals surface area contributed by atoms with Crippen molar-refractivity contribution in [3.05, 3.63) is 77.5 Å². The quantitative estimate of drug-likeness (QED) is 0.570. The van der Waals surface area contributed by atoms with E-state index in [1.807, 2.05) is 67.6 Å². The fourth-order valence-corrected chi connectivity index (χ4v) is 4.32. The van der Waals surface area contributed by atoms with Gasteiger partial charge in [-0.2, -0.15) is 5.10 Å². The second kappa shape index (κ2) is 7.88. The maximum Gasteiger partial charge on any atom is 0.325 e. The van der Waals surface area contributed by atoms with Gasteiger partial charge in [0.1, 0.15) is 17.9 Å². The first-order valence-corrected chi connectivity index (χ1v) is 11.0. The van der Waals surface area contributed by atoms with Crippen LogP contribution in [0.2, 0.25) is 0 Å². The van der Waals surface area contributed by atoms with E-state index in [0.29, 0.717) is 17.3 Å². The summed E-state index contributed by atoms with van der Waals surface area (Å²) < 4.78 is 1.69. The Labute approximate surface area is 191 Å². The minimum Gasteiger partial charge on any atom is -0.319 e. The SMILES string of the molecule is Cc1ccccc1C1(C)NC(=O)N(CC(=O)Nc2cc(C3CC3)nn2-c2ccccc2)C1=O. The Morgan fingerprint density at radius 2 is 1.82 bits per heavy atom. The Morgan fingerprint density at radius 1 is 1.12 bits per heavy atom. The van der Waals surface area contributed by atoms with E-state index >= 15 is 0 Å². The van der Waals surface area contributed by atoms with E-state index in [1.165, 1.54) is 0 Å². The van der Waals surface area contributed by atoms with Crippen LogP contribution in [0, 0.1) is 6.92 Å². The Hall–Kier alpha value is -3.94. The highest BCUT2D eigenvalue weighted by Gasteiger charge is 2.50. The number of carbonyl (C=O) groups excluding carboxylic acids is 3. The standard InChI is InChI=1S/C25H25N5O3/c1-16-8-6-7-11-19(16)25(2)23(32)29(24(33)27-25)15-22(31)26-21-14-20(17-12-13-17)28-30(21)18-9-4-3-5-10-18/h3-11,14,17H,12-13,15H2,1-2H3,(H,26,31)(H,27,33). The molecular formula is C25H25N5O3. The Balaban J connectivity index is 1.36. The number of para-hydroxylation sites is 1. The Morgan fingerprint density at radius 3 is 2.52 bits per heavy atom. The van der Waals surface area contributed by atoms with Crippen molar-refractivity contribution in [3.8, 4) is 5.69 Å². The van der Waals surface area contributed by atoms with Gasteiger partial charge in [-0.25, -0.2) is 9.48 Å². The number of nitrogens with one attached hydrogen (secondary N) is 2. The van der Waals surface area contributed by atoms with Crippen molar-refractivity contribution >= 4 is 23.7 Å². The molecule has 8 nitrogen and oxygen atoms in total. The molecule has 2 heterocycles. The average Bonchev–Trinajstić information content (AvgIpc) is 3.54. The van der Waals surface area contributed by atoms with Crippen LogP contribution in [0.15, 0.2) is 60.7 Å². The number of rotatable bonds is 6. The van der Waals surface area contributed by atoms with Gasteiger partial charge in [-0.1, -0.05) is 42.5 Å². The van der Waals surface area contributed by atoms with E-state index in [4.69, 9.17) is 0 Å². The molecule has 2 N–H and O–H groups in total. The maximum atomic E-state index is 13.2. The first kappa shape index (κ1) is 20.9. The molecule has 8 heteroatoms. The third kappa shape index (κ3) is 3.77. The van der Waals surface area contributed by atoms with Gasteiger partial charge in [0.05, 0.1) is 11.4 Å². The smallest absolute Gasteiger partial charge is 0.319 e. The number of imide groups is 1. The van der Waals surface area contributed by atoms with E-state index < -0.39 is 23.4 Å². The molecule has 4 amide bonds. The molecule has 1 aliphatic heterocycles.